The van der Waals surface area contributed by atoms with Crippen molar-refractivity contribution >= 4 is 20.9 Å². The Bertz CT molecular complexity index is 1170. The van der Waals surface area contributed by atoms with Gasteiger partial charge >= 0.3 is 0 Å². The highest BCUT2D eigenvalue weighted by molar-refractivity contribution is 7.89. The first-order chi connectivity index (χ1) is 13.9. The normalized spacial score (nSPS) is 17.2. The van der Waals surface area contributed by atoms with Gasteiger partial charge in [0.2, 0.25) is 10.0 Å². The van der Waals surface area contributed by atoms with E-state index in [1.165, 1.54) is 4.31 Å². The molecule has 0 spiro atoms. The Morgan fingerprint density at radius 3 is 2.66 bits per heavy atom. The number of sulfonamides is 1. The van der Waals surface area contributed by atoms with Gasteiger partial charge in [0.15, 0.2) is 0 Å². The van der Waals surface area contributed by atoms with Gasteiger partial charge in [0.1, 0.15) is 0 Å². The first-order valence-electron chi connectivity index (χ1n) is 9.73. The van der Waals surface area contributed by atoms with Crippen molar-refractivity contribution < 1.29 is 13.2 Å². The lowest BCUT2D eigenvalue weighted by molar-refractivity contribution is 0.0925. The van der Waals surface area contributed by atoms with Gasteiger partial charge in [-0.3, -0.25) is 4.79 Å². The zero-order valence-corrected chi connectivity index (χ0v) is 17.1. The van der Waals surface area contributed by atoms with Gasteiger partial charge in [-0.2, -0.15) is 4.31 Å². The maximum atomic E-state index is 13.3. The van der Waals surface area contributed by atoms with Crippen LogP contribution in [0.25, 0.3) is 10.9 Å². The van der Waals surface area contributed by atoms with E-state index in [0.29, 0.717) is 12.2 Å². The molecule has 1 aliphatic rings. The third-order valence-corrected chi connectivity index (χ3v) is 7.06. The first-order valence-corrected chi connectivity index (χ1v) is 11.2. The summed E-state index contributed by atoms with van der Waals surface area (Å²) in [5, 5.41) is 0.883. The van der Waals surface area contributed by atoms with E-state index >= 15 is 0 Å². The van der Waals surface area contributed by atoms with Gasteiger partial charge in [0.05, 0.1) is 11.0 Å². The van der Waals surface area contributed by atoms with E-state index in [1.54, 1.807) is 36.4 Å². The molecule has 1 N–H and O–H groups in total. The van der Waals surface area contributed by atoms with E-state index in [-0.39, 0.29) is 29.6 Å². The molecule has 7 heteroatoms. The predicted molar refractivity (Wildman–Crippen MR) is 112 cm³/mol. The number of hydrogen-bond donors (Lipinski definition) is 1. The minimum atomic E-state index is -3.76. The second kappa shape index (κ2) is 8.10. The third kappa shape index (κ3) is 4.27. The highest BCUT2D eigenvalue weighted by Crippen LogP contribution is 2.22. The summed E-state index contributed by atoms with van der Waals surface area (Å²) < 4.78 is 33.7. The van der Waals surface area contributed by atoms with Gasteiger partial charge in [-0.25, -0.2) is 8.42 Å². The maximum Gasteiger partial charge on any atom is 0.252 e. The molecule has 1 saturated heterocycles. The summed E-state index contributed by atoms with van der Waals surface area (Å²) in [6.07, 6.45) is 1.57. The Kier molecular flexibility index (Phi) is 5.54. The summed E-state index contributed by atoms with van der Waals surface area (Å²) in [7, 11) is -3.76. The number of aromatic amines is 1. The standard InChI is InChI=1S/C22H24N2O4S/c1-16-9-10-21-17(12-16)13-18(22(25)23-21)14-24(15-19-6-5-11-28-19)29(26,27)20-7-3-2-4-8-20/h2-4,7-10,12-13,19H,5-6,11,14-15H2,1H3,(H,23,25)/t19-/m1/s1. The Hall–Kier alpha value is -2.48. The fraction of sp³-hybridized carbons (Fsp3) is 0.318. The van der Waals surface area contributed by atoms with Gasteiger partial charge in [-0.05, 0) is 55.5 Å². The molecular formula is C22H24N2O4S. The number of rotatable bonds is 6. The Morgan fingerprint density at radius 2 is 1.93 bits per heavy atom. The topological polar surface area (TPSA) is 79.5 Å². The monoisotopic (exact) mass is 412 g/mol. The number of H-pyrrole nitrogens is 1. The number of aryl methyl sites for hydroxylation is 1. The lowest BCUT2D eigenvalue weighted by Gasteiger charge is -2.25. The lowest BCUT2D eigenvalue weighted by Crippen LogP contribution is -2.38. The molecule has 0 bridgehead atoms. The number of nitrogens with one attached hydrogen (secondary N) is 1. The highest BCUT2D eigenvalue weighted by Gasteiger charge is 2.29. The minimum absolute atomic E-state index is 0.00367. The predicted octanol–water partition coefficient (Wildman–Crippen LogP) is 3.21. The van der Waals surface area contributed by atoms with E-state index in [4.69, 9.17) is 4.74 Å². The van der Waals surface area contributed by atoms with Gasteiger partial charge in [-0.15, -0.1) is 0 Å². The van der Waals surface area contributed by atoms with Crippen LogP contribution in [0.5, 0.6) is 0 Å². The Labute approximate surface area is 170 Å². The van der Waals surface area contributed by atoms with Crippen LogP contribution in [0.1, 0.15) is 24.0 Å². The second-order valence-electron chi connectivity index (χ2n) is 7.46. The molecule has 0 aliphatic carbocycles. The van der Waals surface area contributed by atoms with Crippen LogP contribution in [0.15, 0.2) is 64.3 Å². The summed E-state index contributed by atoms with van der Waals surface area (Å²) in [6.45, 7) is 2.84. The molecule has 0 unspecified atom stereocenters. The summed E-state index contributed by atoms with van der Waals surface area (Å²) in [6, 6.07) is 15.9. The second-order valence-corrected chi connectivity index (χ2v) is 9.40. The largest absolute Gasteiger partial charge is 0.377 e. The van der Waals surface area contributed by atoms with Crippen LogP contribution < -0.4 is 5.56 Å². The summed E-state index contributed by atoms with van der Waals surface area (Å²) >= 11 is 0. The highest BCUT2D eigenvalue weighted by atomic mass is 32.2. The van der Waals surface area contributed by atoms with E-state index in [2.05, 4.69) is 4.98 Å². The fourth-order valence-electron chi connectivity index (χ4n) is 3.68. The SMILES string of the molecule is Cc1ccc2[nH]c(=O)c(CN(C[C@H]3CCCO3)S(=O)(=O)c3ccccc3)cc2c1. The first kappa shape index (κ1) is 19.8. The van der Waals surface area contributed by atoms with Crippen molar-refractivity contribution in [2.24, 2.45) is 0 Å². The molecule has 152 valence electrons. The molecule has 0 amide bonds. The number of benzene rings is 2. The molecule has 2 aromatic carbocycles. The number of ether oxygens (including phenoxy) is 1. The average molecular weight is 413 g/mol. The molecule has 0 saturated carbocycles. The van der Waals surface area contributed by atoms with E-state index in [0.717, 1.165) is 29.3 Å². The number of pyridine rings is 1. The maximum absolute atomic E-state index is 13.3. The van der Waals surface area contributed by atoms with Crippen molar-refractivity contribution in [3.63, 3.8) is 0 Å². The molecule has 29 heavy (non-hydrogen) atoms. The van der Waals surface area contributed by atoms with Crippen LogP contribution in [-0.2, 0) is 21.3 Å². The molecule has 1 fully saturated rings. The smallest absolute Gasteiger partial charge is 0.252 e. The van der Waals surface area contributed by atoms with Crippen LogP contribution in [0.4, 0.5) is 0 Å². The molecule has 1 aliphatic heterocycles. The molecule has 0 radical (unpaired) electrons. The third-order valence-electron chi connectivity index (χ3n) is 5.24. The quantitative estimate of drug-likeness (QED) is 0.674. The zero-order chi connectivity index (χ0) is 20.4. The lowest BCUT2D eigenvalue weighted by atomic mass is 10.1. The fourth-order valence-corrected chi connectivity index (χ4v) is 5.15. The summed E-state index contributed by atoms with van der Waals surface area (Å²) in [5.74, 6) is 0. The number of aromatic nitrogens is 1. The van der Waals surface area contributed by atoms with Crippen molar-refractivity contribution in [3.8, 4) is 0 Å². The molecular weight excluding hydrogens is 388 g/mol. The van der Waals surface area contributed by atoms with E-state index in [1.807, 2.05) is 25.1 Å². The van der Waals surface area contributed by atoms with Gasteiger partial charge in [-0.1, -0.05) is 29.8 Å². The molecule has 1 atom stereocenters. The number of nitrogens with zero attached hydrogens (tertiary/aromatic N) is 1. The zero-order valence-electron chi connectivity index (χ0n) is 16.3. The minimum Gasteiger partial charge on any atom is -0.377 e. The van der Waals surface area contributed by atoms with Crippen molar-refractivity contribution in [1.82, 2.24) is 9.29 Å². The van der Waals surface area contributed by atoms with Gasteiger partial charge < -0.3 is 9.72 Å². The molecule has 6 nitrogen and oxygen atoms in total. The van der Waals surface area contributed by atoms with Gasteiger partial charge in [0, 0.05) is 30.8 Å². The van der Waals surface area contributed by atoms with E-state index in [9.17, 15) is 13.2 Å². The van der Waals surface area contributed by atoms with Crippen molar-refractivity contribution in [2.45, 2.75) is 37.3 Å². The van der Waals surface area contributed by atoms with Crippen molar-refractivity contribution in [3.05, 3.63) is 76.1 Å². The Balaban J connectivity index is 1.72. The van der Waals surface area contributed by atoms with Crippen LogP contribution in [0.2, 0.25) is 0 Å². The Morgan fingerprint density at radius 1 is 1.14 bits per heavy atom. The van der Waals surface area contributed by atoms with Crippen molar-refractivity contribution in [2.75, 3.05) is 13.2 Å². The molecule has 3 aromatic rings. The average Bonchev–Trinajstić information content (AvgIpc) is 3.22. The number of fused-ring (bicyclic) bond motifs is 1. The summed E-state index contributed by atoms with van der Waals surface area (Å²) in [5.41, 5.74) is 1.95. The number of hydrogen-bond acceptors (Lipinski definition) is 4. The molecule has 4 rings (SSSR count). The molecule has 2 heterocycles. The van der Waals surface area contributed by atoms with Crippen LogP contribution in [0.3, 0.4) is 0 Å². The van der Waals surface area contributed by atoms with Crippen molar-refractivity contribution in [1.29, 1.82) is 0 Å². The van der Waals surface area contributed by atoms with Gasteiger partial charge in [0.25, 0.3) is 5.56 Å². The van der Waals surface area contributed by atoms with E-state index < -0.39 is 10.0 Å². The van der Waals surface area contributed by atoms with Crippen LogP contribution >= 0.6 is 0 Å². The summed E-state index contributed by atoms with van der Waals surface area (Å²) in [4.78, 5) is 15.7. The van der Waals surface area contributed by atoms with Crippen LogP contribution in [-0.4, -0.2) is 37.0 Å². The van der Waals surface area contributed by atoms with Crippen LogP contribution in [0, 0.1) is 6.92 Å². The molecule has 1 aromatic heterocycles.